The molecule has 14 nitrogen and oxygen atoms in total. The van der Waals surface area contributed by atoms with Crippen LogP contribution in [-0.4, -0.2) is 109 Å². The Morgan fingerprint density at radius 2 is 1.84 bits per heavy atom. The number of sulfonamides is 1. The highest BCUT2D eigenvalue weighted by atomic mass is 32.2. The van der Waals surface area contributed by atoms with Gasteiger partial charge in [0.1, 0.15) is 30.0 Å². The maximum Gasteiger partial charge on any atom is 0.408 e. The maximum absolute atomic E-state index is 14.5. The molecule has 3 aliphatic heterocycles. The van der Waals surface area contributed by atoms with E-state index in [9.17, 15) is 27.6 Å². The monoisotopic (exact) mass is 751 g/mol. The van der Waals surface area contributed by atoms with E-state index in [1.807, 2.05) is 33.1 Å². The zero-order valence-electron chi connectivity index (χ0n) is 29.9. The summed E-state index contributed by atoms with van der Waals surface area (Å²) < 4.78 is 45.9. The van der Waals surface area contributed by atoms with Gasteiger partial charge in [0.2, 0.25) is 21.8 Å². The van der Waals surface area contributed by atoms with Crippen LogP contribution in [0.3, 0.4) is 0 Å². The number of nitrogens with zero attached hydrogens (tertiary/aromatic N) is 1. The molecule has 4 N–H and O–H groups in total. The number of carbonyl (C=O) groups is 4. The molecular weight excluding hydrogens is 699 g/mol. The fourth-order valence-electron chi connectivity index (χ4n) is 7.74. The quantitative estimate of drug-likeness (QED) is 0.203. The van der Waals surface area contributed by atoms with Gasteiger partial charge >= 0.3 is 6.09 Å². The molecule has 4 unspecified atom stereocenters. The molecule has 2 saturated heterocycles. The predicted octanol–water partition coefficient (Wildman–Crippen LogP) is 2.45. The summed E-state index contributed by atoms with van der Waals surface area (Å²) in [6.07, 6.45) is 7.04. The van der Waals surface area contributed by atoms with Gasteiger partial charge in [-0.25, -0.2) is 13.2 Å². The molecule has 0 aromatic rings. The molecule has 4 amide bonds. The van der Waals surface area contributed by atoms with Gasteiger partial charge in [0.15, 0.2) is 0 Å². The first-order valence-electron chi connectivity index (χ1n) is 18.3. The summed E-state index contributed by atoms with van der Waals surface area (Å²) in [7, 11) is -3.87. The molecule has 51 heavy (non-hydrogen) atoms. The lowest BCUT2D eigenvalue weighted by molar-refractivity contribution is -0.143. The lowest BCUT2D eigenvalue weighted by Gasteiger charge is -2.39. The van der Waals surface area contributed by atoms with Crippen molar-refractivity contribution in [3.63, 3.8) is 0 Å². The second-order valence-electron chi connectivity index (χ2n) is 15.8. The highest BCUT2D eigenvalue weighted by Gasteiger charge is 2.62. The number of piperidine rings is 1. The van der Waals surface area contributed by atoms with Gasteiger partial charge in [0.05, 0.1) is 22.7 Å². The zero-order chi connectivity index (χ0) is 36.7. The van der Waals surface area contributed by atoms with Crippen molar-refractivity contribution < 1.29 is 41.8 Å². The summed E-state index contributed by atoms with van der Waals surface area (Å²) in [6, 6.07) is -2.06. The number of thioether (sulfide) groups is 1. The summed E-state index contributed by atoms with van der Waals surface area (Å²) in [6.45, 7) is 11.8. The molecule has 6 aliphatic rings. The number of rotatable bonds is 13. The van der Waals surface area contributed by atoms with Crippen LogP contribution >= 0.6 is 11.8 Å². The Morgan fingerprint density at radius 3 is 2.47 bits per heavy atom. The van der Waals surface area contributed by atoms with Crippen molar-refractivity contribution in [1.29, 1.82) is 0 Å². The topological polar surface area (TPSA) is 181 Å². The maximum atomic E-state index is 14.5. The average molecular weight is 752 g/mol. The lowest BCUT2D eigenvalue weighted by Crippen LogP contribution is -2.60. The van der Waals surface area contributed by atoms with Gasteiger partial charge in [-0.15, -0.1) is 18.3 Å². The van der Waals surface area contributed by atoms with Crippen molar-refractivity contribution in [2.45, 2.75) is 144 Å². The summed E-state index contributed by atoms with van der Waals surface area (Å²) in [5.74, 6) is -2.38. The standard InChI is InChI=1S/C35H53N5O9S2/c1-6-20-18-35(20,32(43)39-51(45,46)23-12-13-23)38-30(41)25-16-22(48-26-17-27(47-7-2)36-24-14-15-50-28(24)26)19-40(25)31(42)29(34(3,4)5)37-33(44)49-21-10-8-9-11-21/h6,14-15,20-29,36H,1,7-13,16-19H2,2-5H3,(H,37,44)(H,38,41)(H,39,43)/t20-,22-,24?,25+,26?,27?,28?,29-,35-/m1/s1. The lowest BCUT2D eigenvalue weighted by atomic mass is 9.85. The molecule has 9 atom stereocenters. The number of carbonyl (C=O) groups excluding carboxylic acids is 4. The highest BCUT2D eigenvalue weighted by Crippen LogP contribution is 2.46. The number of nitrogens with one attached hydrogen (secondary N) is 4. The Kier molecular flexibility index (Phi) is 11.2. The minimum absolute atomic E-state index is 0.0416. The molecule has 16 heteroatoms. The Bertz CT molecular complexity index is 1510. The first-order chi connectivity index (χ1) is 24.1. The highest BCUT2D eigenvalue weighted by molar-refractivity contribution is 8.03. The summed E-state index contributed by atoms with van der Waals surface area (Å²) in [5, 5.41) is 10.6. The number of hydrogen-bond donors (Lipinski definition) is 4. The number of likely N-dealkylation sites (tertiary alicyclic amines) is 1. The molecule has 3 saturated carbocycles. The second-order valence-corrected chi connectivity index (χ2v) is 18.8. The van der Waals surface area contributed by atoms with E-state index in [-0.39, 0.29) is 49.1 Å². The molecular formula is C35H53N5O9S2. The van der Waals surface area contributed by atoms with Crippen molar-refractivity contribution in [3.8, 4) is 0 Å². The van der Waals surface area contributed by atoms with Crippen molar-refractivity contribution >= 4 is 45.6 Å². The summed E-state index contributed by atoms with van der Waals surface area (Å²) in [5.41, 5.74) is -2.27. The third-order valence-electron chi connectivity index (χ3n) is 10.9. The summed E-state index contributed by atoms with van der Waals surface area (Å²) >= 11 is 1.67. The van der Waals surface area contributed by atoms with Gasteiger partial charge in [-0.2, -0.15) is 0 Å². The van der Waals surface area contributed by atoms with Crippen molar-refractivity contribution in [3.05, 3.63) is 24.1 Å². The zero-order valence-corrected chi connectivity index (χ0v) is 31.6. The van der Waals surface area contributed by atoms with Gasteiger partial charge < -0.3 is 29.7 Å². The van der Waals surface area contributed by atoms with Gasteiger partial charge in [0, 0.05) is 38.0 Å². The van der Waals surface area contributed by atoms with Crippen molar-refractivity contribution in [2.24, 2.45) is 11.3 Å². The number of alkyl carbamates (subject to hydrolysis) is 1. The molecule has 0 radical (unpaired) electrons. The molecule has 3 aliphatic carbocycles. The van der Waals surface area contributed by atoms with Gasteiger partial charge in [0.25, 0.3) is 5.91 Å². The molecule has 3 heterocycles. The molecule has 0 aromatic carbocycles. The molecule has 0 spiro atoms. The predicted molar refractivity (Wildman–Crippen MR) is 191 cm³/mol. The Balaban J connectivity index is 1.23. The van der Waals surface area contributed by atoms with Gasteiger partial charge in [-0.3, -0.25) is 24.4 Å². The minimum atomic E-state index is -3.87. The number of amides is 4. The van der Waals surface area contributed by atoms with E-state index in [4.69, 9.17) is 14.2 Å². The van der Waals surface area contributed by atoms with E-state index in [1.165, 1.54) is 11.0 Å². The van der Waals surface area contributed by atoms with Crippen molar-refractivity contribution in [2.75, 3.05) is 13.2 Å². The Morgan fingerprint density at radius 1 is 1.12 bits per heavy atom. The van der Waals surface area contributed by atoms with E-state index >= 15 is 0 Å². The van der Waals surface area contributed by atoms with Crippen LogP contribution in [-0.2, 0) is 38.6 Å². The van der Waals surface area contributed by atoms with E-state index in [2.05, 4.69) is 33.3 Å². The van der Waals surface area contributed by atoms with Crippen LogP contribution in [0.2, 0.25) is 0 Å². The van der Waals surface area contributed by atoms with Crippen LogP contribution < -0.4 is 20.7 Å². The largest absolute Gasteiger partial charge is 0.446 e. The van der Waals surface area contributed by atoms with E-state index in [0.717, 1.165) is 25.7 Å². The third kappa shape index (κ3) is 8.45. The molecule has 6 rings (SSSR count). The molecule has 5 fully saturated rings. The summed E-state index contributed by atoms with van der Waals surface area (Å²) in [4.78, 5) is 56.8. The number of ether oxygens (including phenoxy) is 3. The van der Waals surface area contributed by atoms with Gasteiger partial charge in [-0.05, 0) is 62.7 Å². The minimum Gasteiger partial charge on any atom is -0.446 e. The van der Waals surface area contributed by atoms with Crippen LogP contribution in [0.4, 0.5) is 4.79 Å². The Labute approximate surface area is 305 Å². The van der Waals surface area contributed by atoms with Crippen LogP contribution in [0.25, 0.3) is 0 Å². The fraction of sp³-hybridized carbons (Fsp3) is 0.771. The van der Waals surface area contributed by atoms with E-state index < -0.39 is 74.1 Å². The first kappa shape index (κ1) is 38.1. The number of hydrogen-bond acceptors (Lipinski definition) is 11. The van der Waals surface area contributed by atoms with E-state index in [0.29, 0.717) is 25.9 Å². The molecule has 0 bridgehead atoms. The van der Waals surface area contributed by atoms with Crippen LogP contribution in [0.15, 0.2) is 24.1 Å². The number of fused-ring (bicyclic) bond motifs is 1. The second kappa shape index (κ2) is 15.0. The third-order valence-corrected chi connectivity index (χ3v) is 13.9. The van der Waals surface area contributed by atoms with Crippen molar-refractivity contribution in [1.82, 2.24) is 25.6 Å². The normalized spacial score (nSPS) is 34.0. The van der Waals surface area contributed by atoms with Crippen LogP contribution in [0.5, 0.6) is 0 Å². The molecule has 0 aromatic heterocycles. The smallest absolute Gasteiger partial charge is 0.408 e. The average Bonchev–Trinajstić information content (AvgIpc) is 3.84. The Hall–Kier alpha value is -2.66. The molecule has 284 valence electrons. The fourth-order valence-corrected chi connectivity index (χ4v) is 10.2. The van der Waals surface area contributed by atoms with Crippen LogP contribution in [0, 0.1) is 11.3 Å². The van der Waals surface area contributed by atoms with Crippen LogP contribution in [0.1, 0.15) is 85.5 Å². The SMILES string of the molecule is C=C[C@@H]1C[C@]1(NC(=O)[C@@H]1C[C@@H](OC2CC(OCC)NC3C=CSC32)CN1C(=O)[C@@H](NC(=O)OC1CCCC1)C(C)(C)C)C(=O)NS(=O)(=O)C1CC1. The van der Waals surface area contributed by atoms with Gasteiger partial charge in [-0.1, -0.05) is 32.9 Å². The first-order valence-corrected chi connectivity index (χ1v) is 20.8. The van der Waals surface area contributed by atoms with E-state index in [1.54, 1.807) is 11.8 Å².